The maximum atomic E-state index is 9.07. The zero-order valence-electron chi connectivity index (χ0n) is 8.22. The molecule has 0 atom stereocenters. The van der Waals surface area contributed by atoms with E-state index in [1.807, 2.05) is 0 Å². The highest BCUT2D eigenvalue weighted by atomic mass is 16.3. The van der Waals surface area contributed by atoms with Crippen LogP contribution in [0.4, 0.5) is 0 Å². The van der Waals surface area contributed by atoms with Crippen molar-refractivity contribution in [2.45, 2.75) is 25.5 Å². The van der Waals surface area contributed by atoms with Crippen molar-refractivity contribution < 1.29 is 5.11 Å². The zero-order chi connectivity index (χ0) is 9.97. The smallest absolute Gasteiger partial charge is 0.188 e. The molecular weight excluding hydrogens is 182 g/mol. The Bertz CT molecular complexity index is 294. The van der Waals surface area contributed by atoms with Crippen LogP contribution in [0.5, 0.6) is 0 Å². The molecule has 0 saturated heterocycles. The fourth-order valence-corrected chi connectivity index (χ4v) is 1.65. The van der Waals surface area contributed by atoms with Gasteiger partial charge in [0, 0.05) is 0 Å². The quantitative estimate of drug-likeness (QED) is 0.652. The molecule has 78 valence electrons. The van der Waals surface area contributed by atoms with Crippen LogP contribution < -0.4 is 5.32 Å². The molecule has 1 fully saturated rings. The summed E-state index contributed by atoms with van der Waals surface area (Å²) in [5, 5.41) is 24.0. The average molecular weight is 197 g/mol. The van der Waals surface area contributed by atoms with E-state index in [9.17, 15) is 0 Å². The fraction of sp³-hybridized carbons (Fsp3) is 0.875. The molecule has 2 rings (SSSR count). The first kappa shape index (κ1) is 9.54. The lowest BCUT2D eigenvalue weighted by atomic mass is 9.82. The van der Waals surface area contributed by atoms with E-state index in [1.165, 1.54) is 4.80 Å². The van der Waals surface area contributed by atoms with Gasteiger partial charge in [-0.3, -0.25) is 0 Å². The Morgan fingerprint density at radius 2 is 2.36 bits per heavy atom. The molecule has 0 aliphatic heterocycles. The van der Waals surface area contributed by atoms with Crippen LogP contribution in [0.1, 0.15) is 18.7 Å². The topological polar surface area (TPSA) is 75.9 Å². The lowest BCUT2D eigenvalue weighted by Gasteiger charge is -2.31. The second-order valence-corrected chi connectivity index (χ2v) is 3.82. The van der Waals surface area contributed by atoms with Gasteiger partial charge in [0.2, 0.25) is 0 Å². The molecule has 1 saturated carbocycles. The first-order chi connectivity index (χ1) is 6.74. The van der Waals surface area contributed by atoms with Crippen LogP contribution in [0, 0.1) is 5.92 Å². The van der Waals surface area contributed by atoms with E-state index >= 15 is 0 Å². The van der Waals surface area contributed by atoms with Gasteiger partial charge in [0.05, 0.1) is 19.7 Å². The summed E-state index contributed by atoms with van der Waals surface area (Å²) in [6.07, 6.45) is 1.76. The van der Waals surface area contributed by atoms with E-state index < -0.39 is 0 Å². The number of rotatable bonds is 4. The number of aliphatic hydroxyl groups is 1. The molecule has 2 N–H and O–H groups in total. The minimum absolute atomic E-state index is 0.0727. The minimum Gasteiger partial charge on any atom is -0.393 e. The van der Waals surface area contributed by atoms with Crippen molar-refractivity contribution in [3.63, 3.8) is 0 Å². The Kier molecular flexibility index (Phi) is 2.74. The largest absolute Gasteiger partial charge is 0.393 e. The van der Waals surface area contributed by atoms with E-state index in [4.69, 9.17) is 5.11 Å². The summed E-state index contributed by atoms with van der Waals surface area (Å²) in [6, 6.07) is 0. The summed E-state index contributed by atoms with van der Waals surface area (Å²) >= 11 is 0. The van der Waals surface area contributed by atoms with Crippen LogP contribution in [0.25, 0.3) is 0 Å². The van der Waals surface area contributed by atoms with Crippen molar-refractivity contribution in [1.29, 1.82) is 0 Å². The molecule has 1 aliphatic carbocycles. The number of tetrazole rings is 1. The third-order valence-electron chi connectivity index (χ3n) is 2.48. The molecule has 0 spiro atoms. The van der Waals surface area contributed by atoms with Crippen molar-refractivity contribution >= 4 is 0 Å². The SMILES string of the molecule is Cn1nnc(CNCC2CC(O)C2)n1. The van der Waals surface area contributed by atoms with Crippen molar-refractivity contribution in [3.05, 3.63) is 5.82 Å². The highest BCUT2D eigenvalue weighted by Crippen LogP contribution is 2.25. The molecule has 6 nitrogen and oxygen atoms in total. The van der Waals surface area contributed by atoms with Gasteiger partial charge in [-0.25, -0.2) is 0 Å². The van der Waals surface area contributed by atoms with Gasteiger partial charge < -0.3 is 10.4 Å². The lowest BCUT2D eigenvalue weighted by molar-refractivity contribution is 0.0429. The van der Waals surface area contributed by atoms with E-state index in [2.05, 4.69) is 20.7 Å². The van der Waals surface area contributed by atoms with Gasteiger partial charge in [-0.1, -0.05) is 0 Å². The Balaban J connectivity index is 1.63. The predicted octanol–water partition coefficient (Wildman–Crippen LogP) is -0.929. The summed E-state index contributed by atoms with van der Waals surface area (Å²) in [5.74, 6) is 1.33. The van der Waals surface area contributed by atoms with Gasteiger partial charge >= 0.3 is 0 Å². The van der Waals surface area contributed by atoms with E-state index in [-0.39, 0.29) is 6.10 Å². The highest BCUT2D eigenvalue weighted by molar-refractivity contribution is 4.82. The first-order valence-electron chi connectivity index (χ1n) is 4.85. The van der Waals surface area contributed by atoms with Gasteiger partial charge in [0.25, 0.3) is 0 Å². The summed E-state index contributed by atoms with van der Waals surface area (Å²) in [5.41, 5.74) is 0. The van der Waals surface area contributed by atoms with Crippen molar-refractivity contribution in [2.75, 3.05) is 6.54 Å². The van der Waals surface area contributed by atoms with Crippen LogP contribution in [0.15, 0.2) is 0 Å². The molecule has 1 aromatic heterocycles. The third-order valence-corrected chi connectivity index (χ3v) is 2.48. The van der Waals surface area contributed by atoms with Crippen LogP contribution in [-0.4, -0.2) is 38.0 Å². The van der Waals surface area contributed by atoms with Gasteiger partial charge in [-0.05, 0) is 30.5 Å². The third kappa shape index (κ3) is 2.27. The molecule has 1 aromatic rings. The summed E-state index contributed by atoms with van der Waals surface area (Å²) < 4.78 is 0. The summed E-state index contributed by atoms with van der Waals surface area (Å²) in [4.78, 5) is 1.45. The van der Waals surface area contributed by atoms with E-state index in [1.54, 1.807) is 7.05 Å². The number of hydrogen-bond acceptors (Lipinski definition) is 5. The predicted molar refractivity (Wildman–Crippen MR) is 49.2 cm³/mol. The standard InChI is InChI=1S/C8H15N5O/c1-13-11-8(10-12-13)5-9-4-6-2-7(14)3-6/h6-7,9,14H,2-5H2,1H3. The Hall–Kier alpha value is -1.01. The number of hydrogen-bond donors (Lipinski definition) is 2. The summed E-state index contributed by atoms with van der Waals surface area (Å²) in [6.45, 7) is 1.58. The molecule has 0 bridgehead atoms. The van der Waals surface area contributed by atoms with Gasteiger partial charge in [-0.15, -0.1) is 10.2 Å². The normalized spacial score (nSPS) is 26.1. The maximum absolute atomic E-state index is 9.07. The molecule has 1 heterocycles. The van der Waals surface area contributed by atoms with Crippen molar-refractivity contribution in [2.24, 2.45) is 13.0 Å². The number of aromatic nitrogens is 4. The molecular formula is C8H15N5O. The van der Waals surface area contributed by atoms with Crippen LogP contribution >= 0.6 is 0 Å². The van der Waals surface area contributed by atoms with Crippen LogP contribution in [-0.2, 0) is 13.6 Å². The van der Waals surface area contributed by atoms with E-state index in [0.29, 0.717) is 18.3 Å². The second kappa shape index (κ2) is 4.02. The average Bonchev–Trinajstić information content (AvgIpc) is 2.48. The van der Waals surface area contributed by atoms with Crippen molar-refractivity contribution in [1.82, 2.24) is 25.5 Å². The van der Waals surface area contributed by atoms with Gasteiger partial charge in [-0.2, -0.15) is 4.80 Å². The number of aliphatic hydroxyl groups excluding tert-OH is 1. The Morgan fingerprint density at radius 3 is 2.93 bits per heavy atom. The lowest BCUT2D eigenvalue weighted by Crippen LogP contribution is -2.36. The molecule has 0 aromatic carbocycles. The monoisotopic (exact) mass is 197 g/mol. The van der Waals surface area contributed by atoms with Crippen LogP contribution in [0.3, 0.4) is 0 Å². The summed E-state index contributed by atoms with van der Waals surface area (Å²) in [7, 11) is 1.75. The van der Waals surface area contributed by atoms with Gasteiger partial charge in [0.15, 0.2) is 5.82 Å². The zero-order valence-corrected chi connectivity index (χ0v) is 8.22. The maximum Gasteiger partial charge on any atom is 0.188 e. The number of nitrogens with one attached hydrogen (secondary N) is 1. The van der Waals surface area contributed by atoms with Gasteiger partial charge in [0.1, 0.15) is 0 Å². The van der Waals surface area contributed by atoms with Crippen molar-refractivity contribution in [3.8, 4) is 0 Å². The molecule has 0 amide bonds. The molecule has 1 aliphatic rings. The molecule has 6 heteroatoms. The first-order valence-corrected chi connectivity index (χ1v) is 4.85. The molecule has 0 unspecified atom stereocenters. The number of aryl methyl sites for hydroxylation is 1. The molecule has 14 heavy (non-hydrogen) atoms. The Labute approximate surface area is 82.3 Å². The van der Waals surface area contributed by atoms with E-state index in [0.717, 1.165) is 19.4 Å². The highest BCUT2D eigenvalue weighted by Gasteiger charge is 2.26. The van der Waals surface area contributed by atoms with Crippen LogP contribution in [0.2, 0.25) is 0 Å². The Morgan fingerprint density at radius 1 is 1.57 bits per heavy atom. The minimum atomic E-state index is -0.0727. The fourth-order valence-electron chi connectivity index (χ4n) is 1.65. The second-order valence-electron chi connectivity index (χ2n) is 3.82. The number of nitrogens with zero attached hydrogens (tertiary/aromatic N) is 4. The molecule has 0 radical (unpaired) electrons.